The number of nitrogens with zero attached hydrogens (tertiary/aromatic N) is 2. The Labute approximate surface area is 116 Å². The summed E-state index contributed by atoms with van der Waals surface area (Å²) in [5.41, 5.74) is 1.85. The molecule has 2 heterocycles. The average Bonchev–Trinajstić information content (AvgIpc) is 3.00. The topological polar surface area (TPSA) is 90.4 Å². The van der Waals surface area contributed by atoms with E-state index in [4.69, 9.17) is 13.8 Å². The van der Waals surface area contributed by atoms with E-state index in [1.807, 2.05) is 20.8 Å². The van der Waals surface area contributed by atoms with Crippen LogP contribution < -0.4 is 10.1 Å². The molecule has 0 saturated carbocycles. The highest BCUT2D eigenvalue weighted by molar-refractivity contribution is 5.91. The second kappa shape index (κ2) is 5.77. The zero-order valence-electron chi connectivity index (χ0n) is 11.9. The lowest BCUT2D eigenvalue weighted by Gasteiger charge is -2.12. The van der Waals surface area contributed by atoms with Gasteiger partial charge in [0.25, 0.3) is 11.8 Å². The van der Waals surface area contributed by atoms with Crippen LogP contribution in [-0.2, 0) is 6.42 Å². The SMILES string of the molecule is COc1cc(C(=O)N[C@H](C)Cc2c(C)noc2C)on1. The highest BCUT2D eigenvalue weighted by Crippen LogP contribution is 2.15. The van der Waals surface area contributed by atoms with Crippen molar-refractivity contribution in [2.75, 3.05) is 7.11 Å². The van der Waals surface area contributed by atoms with Gasteiger partial charge in [-0.1, -0.05) is 5.16 Å². The van der Waals surface area contributed by atoms with Crippen LogP contribution in [0.4, 0.5) is 0 Å². The van der Waals surface area contributed by atoms with E-state index in [1.165, 1.54) is 13.2 Å². The molecule has 108 valence electrons. The molecule has 2 rings (SSSR count). The summed E-state index contributed by atoms with van der Waals surface area (Å²) in [4.78, 5) is 11.9. The summed E-state index contributed by atoms with van der Waals surface area (Å²) in [5, 5.41) is 10.3. The fraction of sp³-hybridized carbons (Fsp3) is 0.462. The fourth-order valence-electron chi connectivity index (χ4n) is 1.91. The third-order valence-corrected chi connectivity index (χ3v) is 2.99. The Hall–Kier alpha value is -2.31. The quantitative estimate of drug-likeness (QED) is 0.895. The Bertz CT molecular complexity index is 583. The molecule has 7 nitrogen and oxygen atoms in total. The number of amides is 1. The Kier molecular flexibility index (Phi) is 4.07. The minimum absolute atomic E-state index is 0.0876. The Balaban J connectivity index is 1.97. The third-order valence-electron chi connectivity index (χ3n) is 2.99. The molecule has 20 heavy (non-hydrogen) atoms. The second-order valence-corrected chi connectivity index (χ2v) is 4.61. The van der Waals surface area contributed by atoms with Crippen molar-refractivity contribution < 1.29 is 18.6 Å². The molecule has 1 atom stereocenters. The van der Waals surface area contributed by atoms with Crippen molar-refractivity contribution in [2.45, 2.75) is 33.2 Å². The lowest BCUT2D eigenvalue weighted by Crippen LogP contribution is -2.34. The summed E-state index contributed by atoms with van der Waals surface area (Å²) >= 11 is 0. The van der Waals surface area contributed by atoms with Crippen LogP contribution in [0, 0.1) is 13.8 Å². The van der Waals surface area contributed by atoms with Crippen molar-refractivity contribution in [1.29, 1.82) is 0 Å². The molecule has 2 aromatic rings. The zero-order valence-corrected chi connectivity index (χ0v) is 11.9. The van der Waals surface area contributed by atoms with Crippen LogP contribution in [0.5, 0.6) is 5.88 Å². The van der Waals surface area contributed by atoms with Crippen molar-refractivity contribution in [3.8, 4) is 5.88 Å². The first kappa shape index (κ1) is 14.1. The first-order valence-electron chi connectivity index (χ1n) is 6.24. The maximum absolute atomic E-state index is 11.9. The predicted molar refractivity (Wildman–Crippen MR) is 69.7 cm³/mol. The fourth-order valence-corrected chi connectivity index (χ4v) is 1.91. The van der Waals surface area contributed by atoms with Gasteiger partial charge in [0, 0.05) is 11.6 Å². The van der Waals surface area contributed by atoms with Crippen LogP contribution in [0.2, 0.25) is 0 Å². The smallest absolute Gasteiger partial charge is 0.290 e. The van der Waals surface area contributed by atoms with Crippen LogP contribution in [0.1, 0.15) is 34.5 Å². The highest BCUT2D eigenvalue weighted by atomic mass is 16.5. The molecule has 7 heteroatoms. The summed E-state index contributed by atoms with van der Waals surface area (Å²) in [6.45, 7) is 5.63. The number of hydrogen-bond donors (Lipinski definition) is 1. The number of hydrogen-bond acceptors (Lipinski definition) is 6. The summed E-state index contributed by atoms with van der Waals surface area (Å²) in [5.74, 6) is 0.825. The molecule has 0 aromatic carbocycles. The number of carbonyl (C=O) groups is 1. The minimum Gasteiger partial charge on any atom is -0.479 e. The molecule has 0 aliphatic rings. The molecule has 0 unspecified atom stereocenters. The largest absolute Gasteiger partial charge is 0.479 e. The number of rotatable bonds is 5. The van der Waals surface area contributed by atoms with Gasteiger partial charge in [-0.25, -0.2) is 0 Å². The molecule has 0 aliphatic heterocycles. The molecule has 0 spiro atoms. The van der Waals surface area contributed by atoms with Gasteiger partial charge in [0.05, 0.1) is 18.9 Å². The van der Waals surface area contributed by atoms with Gasteiger partial charge in [-0.05, 0) is 32.3 Å². The molecule has 0 aliphatic carbocycles. The molecule has 1 N–H and O–H groups in total. The number of ether oxygens (including phenoxy) is 1. The van der Waals surface area contributed by atoms with Gasteiger partial charge in [0.15, 0.2) is 0 Å². The maximum atomic E-state index is 11.9. The summed E-state index contributed by atoms with van der Waals surface area (Å²) in [6, 6.07) is 1.35. The van der Waals surface area contributed by atoms with Gasteiger partial charge in [-0.2, -0.15) is 0 Å². The van der Waals surface area contributed by atoms with Gasteiger partial charge in [-0.15, -0.1) is 0 Å². The molecule has 1 amide bonds. The van der Waals surface area contributed by atoms with Crippen molar-refractivity contribution in [1.82, 2.24) is 15.6 Å². The van der Waals surface area contributed by atoms with E-state index in [0.29, 0.717) is 6.42 Å². The average molecular weight is 279 g/mol. The molecular formula is C13H17N3O4. The number of nitrogens with one attached hydrogen (secondary N) is 1. The van der Waals surface area contributed by atoms with Gasteiger partial charge in [-0.3, -0.25) is 4.79 Å². The first-order valence-corrected chi connectivity index (χ1v) is 6.24. The van der Waals surface area contributed by atoms with Gasteiger partial charge < -0.3 is 19.1 Å². The number of methoxy groups -OCH3 is 1. The molecule has 0 radical (unpaired) electrons. The van der Waals surface area contributed by atoms with Crippen molar-refractivity contribution in [3.63, 3.8) is 0 Å². The molecular weight excluding hydrogens is 262 g/mol. The molecule has 0 bridgehead atoms. The van der Waals surface area contributed by atoms with E-state index in [2.05, 4.69) is 15.6 Å². The van der Waals surface area contributed by atoms with E-state index in [1.54, 1.807) is 0 Å². The maximum Gasteiger partial charge on any atom is 0.290 e. The molecule has 0 fully saturated rings. The minimum atomic E-state index is -0.333. The highest BCUT2D eigenvalue weighted by Gasteiger charge is 2.18. The van der Waals surface area contributed by atoms with Crippen molar-refractivity contribution in [3.05, 3.63) is 28.8 Å². The Morgan fingerprint density at radius 1 is 1.40 bits per heavy atom. The molecule has 2 aromatic heterocycles. The van der Waals surface area contributed by atoms with Crippen LogP contribution in [0.3, 0.4) is 0 Å². The monoisotopic (exact) mass is 279 g/mol. The van der Waals surface area contributed by atoms with E-state index in [9.17, 15) is 4.79 Å². The lowest BCUT2D eigenvalue weighted by molar-refractivity contribution is 0.0902. The van der Waals surface area contributed by atoms with Crippen LogP contribution in [0.25, 0.3) is 0 Å². The van der Waals surface area contributed by atoms with Gasteiger partial charge >= 0.3 is 0 Å². The van der Waals surface area contributed by atoms with Gasteiger partial charge in [0.2, 0.25) is 5.76 Å². The third kappa shape index (κ3) is 2.98. The van der Waals surface area contributed by atoms with E-state index in [-0.39, 0.29) is 23.6 Å². The summed E-state index contributed by atoms with van der Waals surface area (Å²) in [6.07, 6.45) is 0.637. The van der Waals surface area contributed by atoms with Crippen molar-refractivity contribution in [2.24, 2.45) is 0 Å². The predicted octanol–water partition coefficient (Wildman–Crippen LogP) is 1.65. The first-order chi connectivity index (χ1) is 9.51. The van der Waals surface area contributed by atoms with E-state index in [0.717, 1.165) is 17.0 Å². The number of aromatic nitrogens is 2. The Morgan fingerprint density at radius 2 is 2.15 bits per heavy atom. The Morgan fingerprint density at radius 3 is 2.70 bits per heavy atom. The zero-order chi connectivity index (χ0) is 14.7. The van der Waals surface area contributed by atoms with Crippen LogP contribution in [-0.4, -0.2) is 29.4 Å². The van der Waals surface area contributed by atoms with Crippen LogP contribution >= 0.6 is 0 Å². The normalized spacial score (nSPS) is 12.2. The molecule has 0 saturated heterocycles. The van der Waals surface area contributed by atoms with Crippen LogP contribution in [0.15, 0.2) is 15.1 Å². The van der Waals surface area contributed by atoms with E-state index < -0.39 is 0 Å². The van der Waals surface area contributed by atoms with Gasteiger partial charge in [0.1, 0.15) is 5.76 Å². The number of aryl methyl sites for hydroxylation is 2. The standard InChI is InChI=1S/C13H17N3O4/c1-7(5-10-8(2)15-19-9(10)3)14-13(17)11-6-12(18-4)16-20-11/h6-7H,5H2,1-4H3,(H,14,17)/t7-/m1/s1. The summed E-state index contributed by atoms with van der Waals surface area (Å²) < 4.78 is 14.8. The second-order valence-electron chi connectivity index (χ2n) is 4.61. The lowest BCUT2D eigenvalue weighted by atomic mass is 10.1. The van der Waals surface area contributed by atoms with Crippen molar-refractivity contribution >= 4 is 5.91 Å². The number of carbonyl (C=O) groups excluding carboxylic acids is 1. The summed E-state index contributed by atoms with van der Waals surface area (Å²) in [7, 11) is 1.46. The van der Waals surface area contributed by atoms with E-state index >= 15 is 0 Å².